The summed E-state index contributed by atoms with van der Waals surface area (Å²) in [5, 5.41) is 65.6. The number of halogens is 3. The zero-order chi connectivity index (χ0) is 33.3. The zero-order valence-electron chi connectivity index (χ0n) is 23.9. The summed E-state index contributed by atoms with van der Waals surface area (Å²) in [4.78, 5) is 20.7. The number of para-hydroxylation sites is 1. The van der Waals surface area contributed by atoms with Crippen molar-refractivity contribution in [2.45, 2.75) is 49.3 Å². The zero-order valence-corrected chi connectivity index (χ0v) is 28.4. The van der Waals surface area contributed by atoms with Crippen molar-refractivity contribution >= 4 is 90.9 Å². The first kappa shape index (κ1) is 34.9. The van der Waals surface area contributed by atoms with Crippen molar-refractivity contribution in [2.75, 3.05) is 35.3 Å². The van der Waals surface area contributed by atoms with Crippen LogP contribution in [0.1, 0.15) is 12.8 Å². The average Bonchev–Trinajstić information content (AvgIpc) is 3.65. The normalized spacial score (nSPS) is 27.4. The lowest BCUT2D eigenvalue weighted by atomic mass is 10.1. The highest BCUT2D eigenvalue weighted by atomic mass is 127. The summed E-state index contributed by atoms with van der Waals surface area (Å²) < 4.78 is 1.57. The maximum atomic E-state index is 10.3. The largest absolute Gasteiger partial charge is 0.396 e. The predicted molar refractivity (Wildman–Crippen MR) is 183 cm³/mol. The molecule has 0 radical (unpaired) electrons. The van der Waals surface area contributed by atoms with Crippen LogP contribution in [0.2, 0.25) is 10.3 Å². The van der Waals surface area contributed by atoms with Crippen LogP contribution >= 0.6 is 57.1 Å². The third-order valence-corrected chi connectivity index (χ3v) is 10.9. The first-order valence-corrected chi connectivity index (χ1v) is 16.7. The lowest BCUT2D eigenvalue weighted by Gasteiger charge is -2.20. The number of anilines is 4. The fourth-order valence-corrected chi connectivity index (χ4v) is 7.41. The molecule has 19 heteroatoms. The number of hydrogen-bond acceptors (Lipinski definition) is 16. The second kappa shape index (κ2) is 14.8. The summed E-state index contributed by atoms with van der Waals surface area (Å²) in [6.45, 7) is -0.395. The van der Waals surface area contributed by atoms with Crippen molar-refractivity contribution in [3.63, 3.8) is 0 Å². The number of nitrogens with zero attached hydrogens (tertiary/aromatic N) is 5. The maximum absolute atomic E-state index is 10.3. The highest BCUT2D eigenvalue weighted by Gasteiger charge is 2.42. The average molecular weight is 808 g/mol. The smallest absolute Gasteiger partial charge is 0.223 e. The minimum Gasteiger partial charge on any atom is -0.396 e. The van der Waals surface area contributed by atoms with E-state index in [1.807, 2.05) is 46.9 Å². The number of thiazole rings is 1. The van der Waals surface area contributed by atoms with Crippen molar-refractivity contribution in [1.82, 2.24) is 24.9 Å². The summed E-state index contributed by atoms with van der Waals surface area (Å²) in [7, 11) is 0. The van der Waals surface area contributed by atoms with Gasteiger partial charge in [0.05, 0.1) is 43.6 Å². The molecule has 6 rings (SSSR count). The fraction of sp³-hybridized carbons (Fsp3) is 0.444. The topological polar surface area (TPSA) is 262 Å². The van der Waals surface area contributed by atoms with E-state index in [1.165, 1.54) is 11.3 Å². The van der Waals surface area contributed by atoms with E-state index in [0.29, 0.717) is 38.6 Å². The van der Waals surface area contributed by atoms with E-state index in [0.717, 1.165) is 10.2 Å². The molecule has 2 fully saturated rings. The minimum absolute atomic E-state index is 0.0147. The van der Waals surface area contributed by atoms with Gasteiger partial charge in [-0.25, -0.2) is 15.0 Å². The van der Waals surface area contributed by atoms with Gasteiger partial charge in [0, 0.05) is 25.0 Å². The Hall–Kier alpha value is -2.46. The molecule has 0 spiro atoms. The molecule has 1 aromatic carbocycles. The van der Waals surface area contributed by atoms with Gasteiger partial charge in [0.25, 0.3) is 0 Å². The van der Waals surface area contributed by atoms with Gasteiger partial charge in [-0.3, -0.25) is 0 Å². The minimum atomic E-state index is -1.06. The highest BCUT2D eigenvalue weighted by molar-refractivity contribution is 14.1. The summed E-state index contributed by atoms with van der Waals surface area (Å²) in [5.41, 5.74) is 12.6. The van der Waals surface area contributed by atoms with E-state index >= 15 is 0 Å². The molecule has 12 N–H and O–H groups in total. The van der Waals surface area contributed by atoms with E-state index in [2.05, 4.69) is 35.6 Å². The van der Waals surface area contributed by atoms with Gasteiger partial charge in [0.15, 0.2) is 0 Å². The van der Waals surface area contributed by atoms with Crippen LogP contribution in [0.15, 0.2) is 24.3 Å². The summed E-state index contributed by atoms with van der Waals surface area (Å²) >= 11 is 15.6. The van der Waals surface area contributed by atoms with Gasteiger partial charge in [0.1, 0.15) is 39.2 Å². The second-order valence-electron chi connectivity index (χ2n) is 10.9. The van der Waals surface area contributed by atoms with Gasteiger partial charge >= 0.3 is 0 Å². The van der Waals surface area contributed by atoms with Crippen molar-refractivity contribution in [3.05, 3.63) is 38.1 Å². The van der Waals surface area contributed by atoms with Gasteiger partial charge in [-0.1, -0.05) is 35.3 Å². The molecular weight excluding hydrogens is 776 g/mol. The number of aliphatic hydroxyl groups excluding tert-OH is 6. The van der Waals surface area contributed by atoms with E-state index in [4.69, 9.17) is 39.8 Å². The third-order valence-electron chi connectivity index (χ3n) is 7.93. The molecule has 2 saturated carbocycles. The van der Waals surface area contributed by atoms with Crippen LogP contribution in [0.4, 0.5) is 23.5 Å². The van der Waals surface area contributed by atoms with Crippen LogP contribution in [0, 0.1) is 15.4 Å². The molecular formula is C27H32Cl2IN9O6S. The number of nitrogens with one attached hydrogen (secondary N) is 2. The van der Waals surface area contributed by atoms with Gasteiger partial charge < -0.3 is 52.7 Å². The lowest BCUT2D eigenvalue weighted by Crippen LogP contribution is -2.35. The van der Waals surface area contributed by atoms with Crippen molar-refractivity contribution < 1.29 is 30.6 Å². The number of aliphatic hydroxyl groups is 6. The molecule has 0 unspecified atom stereocenters. The number of nitrogen functional groups attached to an aromatic ring is 2. The molecule has 0 saturated heterocycles. The molecule has 248 valence electrons. The van der Waals surface area contributed by atoms with Gasteiger partial charge in [-0.15, -0.1) is 11.3 Å². The van der Waals surface area contributed by atoms with Crippen molar-refractivity contribution in [2.24, 2.45) is 11.8 Å². The monoisotopic (exact) mass is 807 g/mol. The maximum Gasteiger partial charge on any atom is 0.223 e. The SMILES string of the molecule is Nc1nc(Cl)c(-c2nc3ccccc3s2)c(N[C@@H]2C[C@H](CO)[C@@H](O)[C@H]2O)n1.Nc1nc(Cl)c(I)c(N[C@@H]2C[C@H](CO)[C@@H](O)[C@H]2O)n1. The van der Waals surface area contributed by atoms with Crippen molar-refractivity contribution in [3.8, 4) is 10.6 Å². The molecule has 46 heavy (non-hydrogen) atoms. The number of fused-ring (bicyclic) bond motifs is 1. The standard InChI is InChI=1S/C17H18ClN5O3S.C10H14ClIN4O3/c18-14-11(16-21-8-3-1-2-4-10(8)27-16)15(23-17(19)22-14)20-9-5-7(6-24)12(25)13(9)26;11-8-5(12)9(16-10(13)15-8)14-4-1-3(2-17)6(18)7(4)19/h1-4,7,9,12-13,24-26H,5-6H2,(H3,19,20,22,23);3-4,6-7,17-19H,1-2H2,(H3,13,14,15,16)/t7-,9-,12-,13+;3-,4-,6-,7+/m11/s1. The van der Waals surface area contributed by atoms with Crippen LogP contribution in [0.5, 0.6) is 0 Å². The Morgan fingerprint density at radius 2 is 1.28 bits per heavy atom. The molecule has 4 aromatic rings. The van der Waals surface area contributed by atoms with Crippen LogP contribution in [0.3, 0.4) is 0 Å². The number of benzene rings is 1. The quantitative estimate of drug-likeness (QED) is 0.0933. The molecule has 15 nitrogen and oxygen atoms in total. The van der Waals surface area contributed by atoms with E-state index in [-0.39, 0.29) is 41.3 Å². The number of nitrogens with two attached hydrogens (primary N) is 2. The molecule has 0 aliphatic heterocycles. The van der Waals surface area contributed by atoms with Crippen LogP contribution < -0.4 is 22.1 Å². The fourth-order valence-electron chi connectivity index (χ4n) is 5.50. The van der Waals surface area contributed by atoms with Gasteiger partial charge in [-0.05, 0) is 47.6 Å². The Balaban J connectivity index is 0.000000193. The molecule has 2 aliphatic carbocycles. The molecule has 2 aliphatic rings. The number of aromatic nitrogens is 5. The summed E-state index contributed by atoms with van der Waals surface area (Å²) in [6, 6.07) is 6.74. The van der Waals surface area contributed by atoms with Crippen molar-refractivity contribution in [1.29, 1.82) is 0 Å². The molecule has 3 aromatic heterocycles. The molecule has 8 atom stereocenters. The number of hydrogen-bond donors (Lipinski definition) is 10. The Kier molecular flexibility index (Phi) is 11.2. The highest BCUT2D eigenvalue weighted by Crippen LogP contribution is 2.39. The first-order chi connectivity index (χ1) is 21.9. The molecule has 0 bridgehead atoms. The number of rotatable bonds is 7. The van der Waals surface area contributed by atoms with Crippen LogP contribution in [-0.2, 0) is 0 Å². The summed E-state index contributed by atoms with van der Waals surface area (Å²) in [5.74, 6) is -0.0222. The third kappa shape index (κ3) is 7.33. The van der Waals surface area contributed by atoms with Gasteiger partial charge in [-0.2, -0.15) is 9.97 Å². The summed E-state index contributed by atoms with van der Waals surface area (Å²) in [6.07, 6.45) is -3.22. The Morgan fingerprint density at radius 1 is 0.761 bits per heavy atom. The van der Waals surface area contributed by atoms with E-state index < -0.39 is 42.4 Å². The molecule has 3 heterocycles. The Bertz CT molecular complexity index is 1660. The van der Waals surface area contributed by atoms with Gasteiger partial charge in [0.2, 0.25) is 11.9 Å². The molecule has 0 amide bonds. The van der Waals surface area contributed by atoms with E-state index in [1.54, 1.807) is 0 Å². The van der Waals surface area contributed by atoms with Crippen LogP contribution in [0.25, 0.3) is 20.8 Å². The second-order valence-corrected chi connectivity index (χ2v) is 13.8. The Morgan fingerprint density at radius 3 is 1.83 bits per heavy atom. The lowest BCUT2D eigenvalue weighted by molar-refractivity contribution is 0.00442. The Labute approximate surface area is 290 Å². The van der Waals surface area contributed by atoms with Crippen LogP contribution in [-0.4, -0.2) is 105 Å². The van der Waals surface area contributed by atoms with E-state index in [9.17, 15) is 25.5 Å². The first-order valence-electron chi connectivity index (χ1n) is 14.1. The predicted octanol–water partition coefficient (Wildman–Crippen LogP) is 1.33.